The number of piperidine rings is 1. The minimum absolute atomic E-state index is 0.295. The molecule has 2 heterocycles. The van der Waals surface area contributed by atoms with Crippen LogP contribution in [-0.4, -0.2) is 32.0 Å². The second kappa shape index (κ2) is 5.25. The van der Waals surface area contributed by atoms with Crippen molar-refractivity contribution in [3.05, 3.63) is 29.1 Å². The second-order valence-corrected chi connectivity index (χ2v) is 5.93. The first-order chi connectivity index (χ1) is 9.67. The van der Waals surface area contributed by atoms with Gasteiger partial charge >= 0.3 is 5.97 Å². The van der Waals surface area contributed by atoms with Gasteiger partial charge in [0.05, 0.1) is 7.11 Å². The fraction of sp³-hybridized carbons (Fsp3) is 0.333. The number of ketones is 1. The minimum Gasteiger partial charge on any atom is -0.465 e. The van der Waals surface area contributed by atoms with Crippen molar-refractivity contribution < 1.29 is 14.3 Å². The Bertz CT molecular complexity index is 667. The van der Waals surface area contributed by atoms with E-state index in [1.165, 1.54) is 18.4 Å². The molecule has 20 heavy (non-hydrogen) atoms. The highest BCUT2D eigenvalue weighted by Crippen LogP contribution is 2.30. The van der Waals surface area contributed by atoms with E-state index in [9.17, 15) is 9.59 Å². The van der Waals surface area contributed by atoms with E-state index in [1.807, 2.05) is 18.2 Å². The van der Waals surface area contributed by atoms with Crippen molar-refractivity contribution in [3.8, 4) is 0 Å². The number of thiophene rings is 1. The SMILES string of the molecule is COC(=O)c1cc2ccc(N3CCC(=O)CC3)cc2s1. The quantitative estimate of drug-likeness (QED) is 0.798. The molecule has 0 unspecified atom stereocenters. The lowest BCUT2D eigenvalue weighted by Crippen LogP contribution is -2.33. The van der Waals surface area contributed by atoms with Crippen LogP contribution in [0.1, 0.15) is 22.5 Å². The number of Topliss-reactive ketones (excluding diaryl/α,β-unsaturated/α-hetero) is 1. The highest BCUT2D eigenvalue weighted by molar-refractivity contribution is 7.20. The molecule has 0 saturated carbocycles. The summed E-state index contributed by atoms with van der Waals surface area (Å²) in [5.74, 6) is 0.0442. The molecule has 3 rings (SSSR count). The summed E-state index contributed by atoms with van der Waals surface area (Å²) in [6.45, 7) is 1.55. The number of rotatable bonds is 2. The molecule has 1 aliphatic heterocycles. The van der Waals surface area contributed by atoms with Gasteiger partial charge in [-0.05, 0) is 23.6 Å². The van der Waals surface area contributed by atoms with Crippen molar-refractivity contribution in [2.24, 2.45) is 0 Å². The van der Waals surface area contributed by atoms with Crippen LogP contribution in [0.3, 0.4) is 0 Å². The molecule has 104 valence electrons. The normalized spacial score (nSPS) is 15.7. The van der Waals surface area contributed by atoms with Gasteiger partial charge < -0.3 is 9.64 Å². The predicted molar refractivity (Wildman–Crippen MR) is 79.6 cm³/mol. The Kier molecular flexibility index (Phi) is 3.44. The van der Waals surface area contributed by atoms with Gasteiger partial charge in [-0.1, -0.05) is 6.07 Å². The monoisotopic (exact) mass is 289 g/mol. The molecule has 1 fully saturated rings. The average Bonchev–Trinajstić information content (AvgIpc) is 2.90. The molecule has 1 aliphatic rings. The van der Waals surface area contributed by atoms with E-state index in [4.69, 9.17) is 4.74 Å². The van der Waals surface area contributed by atoms with Gasteiger partial charge in [-0.25, -0.2) is 4.79 Å². The lowest BCUT2D eigenvalue weighted by Gasteiger charge is -2.28. The number of fused-ring (bicyclic) bond motifs is 1. The summed E-state index contributed by atoms with van der Waals surface area (Å²) in [5.41, 5.74) is 1.11. The first kappa shape index (κ1) is 13.1. The van der Waals surface area contributed by atoms with Crippen LogP contribution in [0.5, 0.6) is 0 Å². The third kappa shape index (κ3) is 2.41. The molecular weight excluding hydrogens is 274 g/mol. The van der Waals surface area contributed by atoms with Crippen LogP contribution in [0.4, 0.5) is 5.69 Å². The number of hydrogen-bond acceptors (Lipinski definition) is 5. The molecule has 1 saturated heterocycles. The Balaban J connectivity index is 1.90. The zero-order valence-corrected chi connectivity index (χ0v) is 12.0. The van der Waals surface area contributed by atoms with E-state index in [0.717, 1.165) is 28.9 Å². The molecule has 1 aromatic carbocycles. The number of esters is 1. The summed E-state index contributed by atoms with van der Waals surface area (Å²) in [4.78, 5) is 25.7. The molecule has 0 aliphatic carbocycles. The van der Waals surface area contributed by atoms with Crippen LogP contribution >= 0.6 is 11.3 Å². The minimum atomic E-state index is -0.295. The summed E-state index contributed by atoms with van der Waals surface area (Å²) in [5, 5.41) is 1.05. The summed E-state index contributed by atoms with van der Waals surface area (Å²) in [6.07, 6.45) is 1.24. The van der Waals surface area contributed by atoms with E-state index in [2.05, 4.69) is 11.0 Å². The largest absolute Gasteiger partial charge is 0.465 e. The van der Waals surface area contributed by atoms with Gasteiger partial charge in [-0.2, -0.15) is 0 Å². The van der Waals surface area contributed by atoms with Crippen LogP contribution in [0, 0.1) is 0 Å². The third-order valence-corrected chi connectivity index (χ3v) is 4.65. The molecule has 0 bridgehead atoms. The van der Waals surface area contributed by atoms with E-state index >= 15 is 0 Å². The molecule has 0 spiro atoms. The van der Waals surface area contributed by atoms with Crippen LogP contribution in [0.2, 0.25) is 0 Å². The van der Waals surface area contributed by atoms with Gasteiger partial charge in [0.1, 0.15) is 10.7 Å². The van der Waals surface area contributed by atoms with Crippen LogP contribution in [-0.2, 0) is 9.53 Å². The van der Waals surface area contributed by atoms with E-state index in [1.54, 1.807) is 0 Å². The van der Waals surface area contributed by atoms with Crippen LogP contribution in [0.15, 0.2) is 24.3 Å². The van der Waals surface area contributed by atoms with Gasteiger partial charge in [-0.15, -0.1) is 11.3 Å². The fourth-order valence-electron chi connectivity index (χ4n) is 2.43. The molecule has 0 radical (unpaired) electrons. The second-order valence-electron chi connectivity index (χ2n) is 4.85. The van der Waals surface area contributed by atoms with E-state index in [0.29, 0.717) is 23.5 Å². The third-order valence-electron chi connectivity index (χ3n) is 3.58. The van der Waals surface area contributed by atoms with Crippen LogP contribution in [0.25, 0.3) is 10.1 Å². The van der Waals surface area contributed by atoms with E-state index < -0.39 is 0 Å². The standard InChI is InChI=1S/C15H15NO3S/c1-19-15(18)14-8-10-2-3-11(9-13(10)20-14)16-6-4-12(17)5-7-16/h2-3,8-9H,4-7H2,1H3. The maximum Gasteiger partial charge on any atom is 0.348 e. The van der Waals surface area contributed by atoms with Gasteiger partial charge in [0, 0.05) is 36.3 Å². The Morgan fingerprint density at radius 3 is 2.70 bits per heavy atom. The Labute approximate surface area is 120 Å². The van der Waals surface area contributed by atoms with Crippen molar-refractivity contribution in [1.29, 1.82) is 0 Å². The van der Waals surface area contributed by atoms with Crippen molar-refractivity contribution in [1.82, 2.24) is 0 Å². The predicted octanol–water partition coefficient (Wildman–Crippen LogP) is 2.86. The average molecular weight is 289 g/mol. The Morgan fingerprint density at radius 2 is 2.00 bits per heavy atom. The molecule has 2 aromatic rings. The smallest absolute Gasteiger partial charge is 0.348 e. The number of nitrogens with zero attached hydrogens (tertiary/aromatic N) is 1. The molecule has 1 aromatic heterocycles. The molecule has 0 amide bonds. The molecular formula is C15H15NO3S. The highest BCUT2D eigenvalue weighted by atomic mass is 32.1. The molecule has 5 heteroatoms. The zero-order chi connectivity index (χ0) is 14.1. The molecule has 0 N–H and O–H groups in total. The lowest BCUT2D eigenvalue weighted by molar-refractivity contribution is -0.119. The van der Waals surface area contributed by atoms with E-state index in [-0.39, 0.29) is 5.97 Å². The van der Waals surface area contributed by atoms with Crippen molar-refractivity contribution in [3.63, 3.8) is 0 Å². The number of methoxy groups -OCH3 is 1. The summed E-state index contributed by atoms with van der Waals surface area (Å²) >= 11 is 1.44. The Morgan fingerprint density at radius 1 is 1.25 bits per heavy atom. The first-order valence-electron chi connectivity index (χ1n) is 6.56. The number of anilines is 1. The summed E-state index contributed by atoms with van der Waals surface area (Å²) in [6, 6.07) is 8.01. The van der Waals surface area contributed by atoms with Crippen molar-refractivity contribution in [2.75, 3.05) is 25.1 Å². The van der Waals surface area contributed by atoms with Gasteiger partial charge in [0.2, 0.25) is 0 Å². The van der Waals surface area contributed by atoms with Gasteiger partial charge in [-0.3, -0.25) is 4.79 Å². The molecule has 4 nitrogen and oxygen atoms in total. The number of ether oxygens (including phenoxy) is 1. The lowest BCUT2D eigenvalue weighted by atomic mass is 10.1. The topological polar surface area (TPSA) is 46.6 Å². The van der Waals surface area contributed by atoms with Crippen molar-refractivity contribution in [2.45, 2.75) is 12.8 Å². The summed E-state index contributed by atoms with van der Waals surface area (Å²) < 4.78 is 5.82. The molecule has 0 atom stereocenters. The number of hydrogen-bond donors (Lipinski definition) is 0. The zero-order valence-electron chi connectivity index (χ0n) is 11.2. The highest BCUT2D eigenvalue weighted by Gasteiger charge is 2.17. The Hall–Kier alpha value is -1.88. The summed E-state index contributed by atoms with van der Waals surface area (Å²) in [7, 11) is 1.39. The van der Waals surface area contributed by atoms with Gasteiger partial charge in [0.15, 0.2) is 0 Å². The first-order valence-corrected chi connectivity index (χ1v) is 7.37. The maximum atomic E-state index is 11.5. The van der Waals surface area contributed by atoms with Gasteiger partial charge in [0.25, 0.3) is 0 Å². The fourth-order valence-corrected chi connectivity index (χ4v) is 3.45. The van der Waals surface area contributed by atoms with Crippen LogP contribution < -0.4 is 4.90 Å². The number of benzene rings is 1. The van der Waals surface area contributed by atoms with Crippen molar-refractivity contribution >= 4 is 38.9 Å². The number of carbonyl (C=O) groups excluding carboxylic acids is 2. The maximum absolute atomic E-state index is 11.5. The number of carbonyl (C=O) groups is 2.